The quantitative estimate of drug-likeness (QED) is 0.758. The summed E-state index contributed by atoms with van der Waals surface area (Å²) >= 11 is 1.20. The number of nitrogens with one attached hydrogen (secondary N) is 1. The third-order valence-electron chi connectivity index (χ3n) is 4.86. The van der Waals surface area contributed by atoms with Crippen LogP contribution in [0.25, 0.3) is 0 Å². The van der Waals surface area contributed by atoms with Gasteiger partial charge in [0, 0.05) is 4.75 Å². The molecule has 0 aliphatic carbocycles. The number of halogens is 3. The van der Waals surface area contributed by atoms with Gasteiger partial charge >= 0.3 is 12.1 Å². The fourth-order valence-corrected chi connectivity index (χ4v) is 5.21. The summed E-state index contributed by atoms with van der Waals surface area (Å²) in [6.07, 6.45) is -4.72. The van der Waals surface area contributed by atoms with E-state index >= 15 is 0 Å². The molecule has 0 bridgehead atoms. The average molecular weight is 402 g/mol. The summed E-state index contributed by atoms with van der Waals surface area (Å²) in [5.41, 5.74) is -3.17. The van der Waals surface area contributed by atoms with Crippen LogP contribution in [0.5, 0.6) is 0 Å². The van der Waals surface area contributed by atoms with Gasteiger partial charge < -0.3 is 15.3 Å². The van der Waals surface area contributed by atoms with Gasteiger partial charge in [0.15, 0.2) is 0 Å². The van der Waals surface area contributed by atoms with E-state index in [2.05, 4.69) is 5.32 Å². The second-order valence-electron chi connectivity index (χ2n) is 7.23. The summed E-state index contributed by atoms with van der Waals surface area (Å²) in [5.74, 6) is -2.83. The molecule has 0 aromatic heterocycles. The molecule has 0 spiro atoms. The first kappa shape index (κ1) is 19.5. The molecule has 2 amide bonds. The molecule has 27 heavy (non-hydrogen) atoms. The minimum Gasteiger partial charge on any atom is -0.480 e. The van der Waals surface area contributed by atoms with Gasteiger partial charge in [-0.15, -0.1) is 11.8 Å². The van der Waals surface area contributed by atoms with Crippen LogP contribution in [0.2, 0.25) is 0 Å². The fourth-order valence-electron chi connectivity index (χ4n) is 3.57. The molecule has 3 rings (SSSR count). The predicted molar refractivity (Wildman–Crippen MR) is 91.0 cm³/mol. The topological polar surface area (TPSA) is 86.7 Å². The van der Waals surface area contributed by atoms with Crippen molar-refractivity contribution in [2.75, 3.05) is 0 Å². The van der Waals surface area contributed by atoms with Gasteiger partial charge in [-0.1, -0.05) is 12.1 Å². The highest BCUT2D eigenvalue weighted by Crippen LogP contribution is 2.54. The van der Waals surface area contributed by atoms with E-state index in [1.165, 1.54) is 35.7 Å². The Balaban J connectivity index is 1.89. The number of aliphatic carboxylic acids is 1. The predicted octanol–water partition coefficient (Wildman–Crippen LogP) is 2.34. The van der Waals surface area contributed by atoms with Crippen molar-refractivity contribution in [3.8, 4) is 0 Å². The number of β-lactam (4-membered cyclic amide) rings is 1. The first-order valence-corrected chi connectivity index (χ1v) is 8.91. The average Bonchev–Trinajstić information content (AvgIpc) is 2.83. The Labute approximate surface area is 157 Å². The Hall–Kier alpha value is -2.23. The van der Waals surface area contributed by atoms with E-state index in [-0.39, 0.29) is 0 Å². The molecule has 1 aromatic carbocycles. The van der Waals surface area contributed by atoms with E-state index in [0.29, 0.717) is 0 Å². The number of carboxylic acids is 1. The number of hydrogen-bond acceptors (Lipinski definition) is 4. The van der Waals surface area contributed by atoms with Gasteiger partial charge in [-0.2, -0.15) is 13.2 Å². The van der Waals surface area contributed by atoms with Gasteiger partial charge in [0.25, 0.3) is 11.8 Å². The normalized spacial score (nSPS) is 29.1. The largest absolute Gasteiger partial charge is 0.480 e. The van der Waals surface area contributed by atoms with Crippen molar-refractivity contribution in [3.63, 3.8) is 0 Å². The van der Waals surface area contributed by atoms with Crippen molar-refractivity contribution in [1.29, 1.82) is 0 Å². The molecule has 2 heterocycles. The van der Waals surface area contributed by atoms with Crippen molar-refractivity contribution in [2.24, 2.45) is 0 Å². The third kappa shape index (κ3) is 2.86. The number of thioether (sulfide) groups is 1. The zero-order valence-corrected chi connectivity index (χ0v) is 15.4. The number of benzene rings is 1. The minimum atomic E-state index is -4.72. The van der Waals surface area contributed by atoms with Gasteiger partial charge in [-0.05, 0) is 32.9 Å². The van der Waals surface area contributed by atoms with E-state index in [0.717, 1.165) is 12.1 Å². The summed E-state index contributed by atoms with van der Waals surface area (Å²) < 4.78 is 38.6. The van der Waals surface area contributed by atoms with Crippen LogP contribution < -0.4 is 5.32 Å². The van der Waals surface area contributed by atoms with Crippen LogP contribution in [0.15, 0.2) is 24.3 Å². The number of nitrogens with zero attached hydrogens (tertiary/aromatic N) is 1. The van der Waals surface area contributed by atoms with E-state index in [1.54, 1.807) is 13.8 Å². The molecule has 2 aliphatic rings. The molecule has 3 atom stereocenters. The Morgan fingerprint density at radius 2 is 1.81 bits per heavy atom. The fraction of sp³-hybridized carbons (Fsp3) is 0.471. The summed E-state index contributed by atoms with van der Waals surface area (Å²) in [5, 5.41) is 11.1. The number of fused-ring (bicyclic) bond motifs is 1. The number of carbonyl (C=O) groups excluding carboxylic acids is 2. The number of alkyl halides is 3. The Kier molecular flexibility index (Phi) is 4.26. The van der Waals surface area contributed by atoms with Crippen molar-refractivity contribution >= 4 is 29.5 Å². The monoisotopic (exact) mass is 402 g/mol. The summed E-state index contributed by atoms with van der Waals surface area (Å²) in [4.78, 5) is 37.9. The number of amides is 2. The van der Waals surface area contributed by atoms with Gasteiger partial charge in [-0.25, -0.2) is 4.79 Å². The Morgan fingerprint density at radius 1 is 1.22 bits per heavy atom. The molecule has 2 fully saturated rings. The van der Waals surface area contributed by atoms with Crippen LogP contribution in [0.4, 0.5) is 13.2 Å². The maximum atomic E-state index is 13.1. The van der Waals surface area contributed by atoms with Crippen LogP contribution in [0, 0.1) is 0 Å². The van der Waals surface area contributed by atoms with Crippen LogP contribution >= 0.6 is 11.8 Å². The lowest BCUT2D eigenvalue weighted by Crippen LogP contribution is -2.78. The molecular formula is C17H17F3N2O4S. The molecule has 1 unspecified atom stereocenters. The summed E-state index contributed by atoms with van der Waals surface area (Å²) in [6.45, 7) is 4.74. The van der Waals surface area contributed by atoms with Gasteiger partial charge in [0.1, 0.15) is 17.0 Å². The molecule has 146 valence electrons. The number of carboxylic acid groups (broad SMARTS) is 1. The zero-order chi connectivity index (χ0) is 20.4. The second kappa shape index (κ2) is 5.88. The van der Waals surface area contributed by atoms with Crippen LogP contribution in [0.1, 0.15) is 36.7 Å². The van der Waals surface area contributed by atoms with Crippen LogP contribution in [-0.2, 0) is 15.8 Å². The zero-order valence-electron chi connectivity index (χ0n) is 14.6. The highest BCUT2D eigenvalue weighted by Gasteiger charge is 2.70. The van der Waals surface area contributed by atoms with Crippen molar-refractivity contribution in [1.82, 2.24) is 10.2 Å². The molecule has 6 nitrogen and oxygen atoms in total. The lowest BCUT2D eigenvalue weighted by molar-refractivity contribution is -0.166. The maximum Gasteiger partial charge on any atom is 0.417 e. The first-order chi connectivity index (χ1) is 12.3. The minimum absolute atomic E-state index is 0.588. The SMILES string of the molecule is CC1(C)S[C@H]2N(C(=O)C2(C)NC(=O)c2ccccc2C(F)(F)F)[C@H]1C(=O)O. The van der Waals surface area contributed by atoms with E-state index in [1.807, 2.05) is 0 Å². The van der Waals surface area contributed by atoms with Crippen LogP contribution in [-0.4, -0.2) is 49.5 Å². The Morgan fingerprint density at radius 3 is 2.37 bits per heavy atom. The summed E-state index contributed by atoms with van der Waals surface area (Å²) in [6, 6.07) is 3.22. The van der Waals surface area contributed by atoms with E-state index < -0.39 is 56.8 Å². The van der Waals surface area contributed by atoms with Crippen LogP contribution in [0.3, 0.4) is 0 Å². The van der Waals surface area contributed by atoms with Crippen molar-refractivity contribution < 1.29 is 32.7 Å². The summed E-state index contributed by atoms with van der Waals surface area (Å²) in [7, 11) is 0. The molecule has 0 radical (unpaired) electrons. The molecule has 2 N–H and O–H groups in total. The smallest absolute Gasteiger partial charge is 0.417 e. The first-order valence-electron chi connectivity index (χ1n) is 8.03. The molecule has 2 aliphatic heterocycles. The maximum absolute atomic E-state index is 13.1. The van der Waals surface area contributed by atoms with Gasteiger partial charge in [-0.3, -0.25) is 9.59 Å². The number of carbonyl (C=O) groups is 3. The molecule has 0 saturated carbocycles. The Bertz CT molecular complexity index is 842. The highest BCUT2D eigenvalue weighted by atomic mass is 32.2. The molecule has 10 heteroatoms. The molecular weight excluding hydrogens is 385 g/mol. The molecule has 2 saturated heterocycles. The van der Waals surface area contributed by atoms with Crippen molar-refractivity contribution in [2.45, 2.75) is 48.6 Å². The standard InChI is InChI=1S/C17H17F3N2O4S/c1-15(2)10(12(24)25)22-13(26)16(3,14(22)27-15)21-11(23)8-6-4-5-7-9(8)17(18,19)20/h4-7,10,14H,1-3H3,(H,21,23)(H,24,25)/t10-,14+,16?/m0/s1. The second-order valence-corrected chi connectivity index (χ2v) is 8.96. The van der Waals surface area contributed by atoms with Gasteiger partial charge in [0.2, 0.25) is 0 Å². The number of rotatable bonds is 3. The van der Waals surface area contributed by atoms with Crippen molar-refractivity contribution in [3.05, 3.63) is 35.4 Å². The third-order valence-corrected chi connectivity index (χ3v) is 6.61. The number of hydrogen-bond donors (Lipinski definition) is 2. The van der Waals surface area contributed by atoms with E-state index in [4.69, 9.17) is 0 Å². The molecule has 1 aromatic rings. The lowest BCUT2D eigenvalue weighted by atomic mass is 9.86. The lowest BCUT2D eigenvalue weighted by Gasteiger charge is -2.51. The van der Waals surface area contributed by atoms with Gasteiger partial charge in [0.05, 0.1) is 11.1 Å². The van der Waals surface area contributed by atoms with E-state index in [9.17, 15) is 32.7 Å². The highest BCUT2D eigenvalue weighted by molar-refractivity contribution is 8.01.